The zero-order valence-electron chi connectivity index (χ0n) is 27.9. The second-order valence-electron chi connectivity index (χ2n) is 14.9. The predicted molar refractivity (Wildman–Crippen MR) is 163 cm³/mol. The van der Waals surface area contributed by atoms with Crippen LogP contribution in [0.5, 0.6) is 0 Å². The van der Waals surface area contributed by atoms with E-state index < -0.39 is 47.2 Å². The maximum Gasteiger partial charge on any atom is 0.303 e. The molecule has 0 saturated heterocycles. The molecule has 248 valence electrons. The van der Waals surface area contributed by atoms with Crippen LogP contribution in [0.15, 0.2) is 11.6 Å². The van der Waals surface area contributed by atoms with Crippen molar-refractivity contribution in [2.24, 2.45) is 46.3 Å². The van der Waals surface area contributed by atoms with E-state index in [-0.39, 0.29) is 42.2 Å². The first-order valence-corrected chi connectivity index (χ1v) is 16.6. The van der Waals surface area contributed by atoms with Crippen LogP contribution in [0.4, 0.5) is 0 Å². The molecule has 9 heteroatoms. The van der Waals surface area contributed by atoms with Crippen LogP contribution in [0.25, 0.3) is 0 Å². The molecule has 44 heavy (non-hydrogen) atoms. The first-order valence-electron chi connectivity index (χ1n) is 16.6. The minimum absolute atomic E-state index is 0.000849. The van der Waals surface area contributed by atoms with Crippen molar-refractivity contribution in [1.29, 1.82) is 0 Å². The highest BCUT2D eigenvalue weighted by atomic mass is 16.6. The van der Waals surface area contributed by atoms with Gasteiger partial charge < -0.3 is 24.1 Å². The van der Waals surface area contributed by atoms with Crippen molar-refractivity contribution in [2.45, 2.75) is 131 Å². The van der Waals surface area contributed by atoms with E-state index in [1.54, 1.807) is 0 Å². The number of aliphatic hydroxyl groups excluding tert-OH is 1. The third-order valence-electron chi connectivity index (χ3n) is 11.5. The maximum absolute atomic E-state index is 12.6. The lowest BCUT2D eigenvalue weighted by atomic mass is 9.45. The third kappa shape index (κ3) is 6.87. The number of esters is 4. The van der Waals surface area contributed by atoms with Gasteiger partial charge in [0.05, 0.1) is 12.7 Å². The molecule has 3 fully saturated rings. The summed E-state index contributed by atoms with van der Waals surface area (Å²) in [4.78, 5) is 49.4. The topological polar surface area (TPSA) is 125 Å². The monoisotopic (exact) mass is 618 g/mol. The zero-order chi connectivity index (χ0) is 32.6. The number of aliphatic hydroxyl groups is 1. The molecule has 0 aliphatic heterocycles. The van der Waals surface area contributed by atoms with Crippen molar-refractivity contribution in [3.63, 3.8) is 0 Å². The molecule has 4 aliphatic carbocycles. The Morgan fingerprint density at radius 1 is 0.932 bits per heavy atom. The van der Waals surface area contributed by atoms with Gasteiger partial charge in [0.1, 0.15) is 18.3 Å². The number of hydrogen-bond donors (Lipinski definition) is 1. The SMILES string of the molecule is CC(=O)OC[C@]12CC[C@H]3[C@@H](C(OC(C)=O)C=C4CC(O)C(OC(C)=O)C[C@@]43C)[C@@H]1C(OC(C)=O)C[C@@H]2[C@H](C)CCCC(C)C. The normalized spacial score (nSPS) is 38.4. The summed E-state index contributed by atoms with van der Waals surface area (Å²) in [5, 5.41) is 11.0. The Bertz CT molecular complexity index is 1130. The zero-order valence-corrected chi connectivity index (χ0v) is 27.9. The molecule has 0 radical (unpaired) electrons. The van der Waals surface area contributed by atoms with Gasteiger partial charge in [0.2, 0.25) is 0 Å². The Labute approximate surface area is 262 Å². The lowest BCUT2D eigenvalue weighted by Crippen LogP contribution is -2.60. The predicted octanol–water partition coefficient (Wildman–Crippen LogP) is 5.56. The van der Waals surface area contributed by atoms with E-state index in [1.807, 2.05) is 6.08 Å². The van der Waals surface area contributed by atoms with Crippen LogP contribution < -0.4 is 0 Å². The van der Waals surface area contributed by atoms with Crippen molar-refractivity contribution >= 4 is 23.9 Å². The highest BCUT2D eigenvalue weighted by Crippen LogP contribution is 2.68. The second-order valence-corrected chi connectivity index (χ2v) is 14.9. The van der Waals surface area contributed by atoms with Crippen molar-refractivity contribution in [2.75, 3.05) is 6.61 Å². The van der Waals surface area contributed by atoms with Gasteiger partial charge in [0.25, 0.3) is 0 Å². The smallest absolute Gasteiger partial charge is 0.303 e. The molecule has 0 aromatic carbocycles. The van der Waals surface area contributed by atoms with Crippen molar-refractivity contribution in [1.82, 2.24) is 0 Å². The van der Waals surface area contributed by atoms with Crippen LogP contribution in [0.3, 0.4) is 0 Å². The van der Waals surface area contributed by atoms with Gasteiger partial charge in [-0.05, 0) is 67.3 Å². The molecule has 0 spiro atoms. The molecule has 4 aliphatic rings. The fourth-order valence-electron chi connectivity index (χ4n) is 9.84. The fourth-order valence-corrected chi connectivity index (χ4v) is 9.84. The summed E-state index contributed by atoms with van der Waals surface area (Å²) in [6.45, 7) is 14.7. The standard InChI is InChI=1S/C35H54O9/c1-19(2)10-9-11-20(3)27-16-30(43-23(6)38)33-32-26(12-13-35(27,33)18-41-21(4)36)34(8)17-31(44-24(7)39)28(40)14-25(34)15-29(32)42-22(5)37/h15,19-20,26-33,40H,9-14,16-18H2,1-8H3/t20-,26+,27-,28?,29?,30?,31?,32+,33+,34+,35+/m1/s1. The third-order valence-corrected chi connectivity index (χ3v) is 11.5. The van der Waals surface area contributed by atoms with E-state index in [0.29, 0.717) is 31.1 Å². The summed E-state index contributed by atoms with van der Waals surface area (Å²) in [5.74, 6) is -0.923. The molecule has 9 nitrogen and oxygen atoms in total. The van der Waals surface area contributed by atoms with Gasteiger partial charge in [0.15, 0.2) is 0 Å². The van der Waals surface area contributed by atoms with E-state index in [9.17, 15) is 24.3 Å². The van der Waals surface area contributed by atoms with E-state index >= 15 is 0 Å². The molecule has 3 saturated carbocycles. The van der Waals surface area contributed by atoms with Crippen LogP contribution in [0.1, 0.15) is 107 Å². The average molecular weight is 619 g/mol. The van der Waals surface area contributed by atoms with Gasteiger partial charge in [0, 0.05) is 44.9 Å². The van der Waals surface area contributed by atoms with E-state index in [0.717, 1.165) is 37.7 Å². The van der Waals surface area contributed by atoms with Crippen LogP contribution in [0, 0.1) is 46.3 Å². The summed E-state index contributed by atoms with van der Waals surface area (Å²) in [7, 11) is 0. The number of carbonyl (C=O) groups excluding carboxylic acids is 4. The van der Waals surface area contributed by atoms with Gasteiger partial charge >= 0.3 is 23.9 Å². The summed E-state index contributed by atoms with van der Waals surface area (Å²) in [6, 6.07) is 0. The van der Waals surface area contributed by atoms with Crippen LogP contribution in [0.2, 0.25) is 0 Å². The number of rotatable bonds is 10. The fraction of sp³-hybridized carbons (Fsp3) is 0.829. The minimum Gasteiger partial charge on any atom is -0.465 e. The van der Waals surface area contributed by atoms with Crippen LogP contribution >= 0.6 is 0 Å². The van der Waals surface area contributed by atoms with Crippen molar-refractivity contribution < 1.29 is 43.2 Å². The van der Waals surface area contributed by atoms with Gasteiger partial charge in [-0.1, -0.05) is 52.5 Å². The molecule has 0 aromatic heterocycles. The Kier molecular flexibility index (Phi) is 10.6. The quantitative estimate of drug-likeness (QED) is 0.190. The highest BCUT2D eigenvalue weighted by Gasteiger charge is 2.68. The van der Waals surface area contributed by atoms with Gasteiger partial charge in [-0.3, -0.25) is 19.2 Å². The Morgan fingerprint density at radius 2 is 1.57 bits per heavy atom. The molecular weight excluding hydrogens is 564 g/mol. The molecule has 1 N–H and O–H groups in total. The molecule has 0 amide bonds. The number of fused-ring (bicyclic) bond motifs is 5. The van der Waals surface area contributed by atoms with E-state index in [1.165, 1.54) is 27.7 Å². The molecule has 4 unspecified atom stereocenters. The average Bonchev–Trinajstić information content (AvgIpc) is 3.22. The molecule has 0 bridgehead atoms. The second kappa shape index (κ2) is 13.5. The molecule has 0 heterocycles. The Balaban J connectivity index is 1.83. The Hall–Kier alpha value is -2.42. The number of ether oxygens (including phenoxy) is 4. The lowest BCUT2D eigenvalue weighted by molar-refractivity contribution is -0.187. The summed E-state index contributed by atoms with van der Waals surface area (Å²) < 4.78 is 23.7. The van der Waals surface area contributed by atoms with Crippen molar-refractivity contribution in [3.05, 3.63) is 11.6 Å². The first-order chi connectivity index (χ1) is 20.6. The summed E-state index contributed by atoms with van der Waals surface area (Å²) in [5.41, 5.74) is 0.109. The van der Waals surface area contributed by atoms with Gasteiger partial charge in [-0.25, -0.2) is 0 Å². The van der Waals surface area contributed by atoms with E-state index in [2.05, 4.69) is 27.7 Å². The summed E-state index contributed by atoms with van der Waals surface area (Å²) in [6.07, 6.45) is 5.70. The highest BCUT2D eigenvalue weighted by molar-refractivity contribution is 5.67. The molecule has 0 aromatic rings. The Morgan fingerprint density at radius 3 is 2.16 bits per heavy atom. The minimum atomic E-state index is -0.851. The number of carbonyl (C=O) groups is 4. The summed E-state index contributed by atoms with van der Waals surface area (Å²) >= 11 is 0. The van der Waals surface area contributed by atoms with Gasteiger partial charge in [-0.2, -0.15) is 0 Å². The molecule has 11 atom stereocenters. The largest absolute Gasteiger partial charge is 0.465 e. The van der Waals surface area contributed by atoms with Crippen LogP contribution in [-0.4, -0.2) is 60.0 Å². The lowest BCUT2D eigenvalue weighted by Gasteiger charge is -2.60. The number of hydrogen-bond acceptors (Lipinski definition) is 9. The van der Waals surface area contributed by atoms with Crippen molar-refractivity contribution in [3.8, 4) is 0 Å². The maximum atomic E-state index is 12.6. The molecule has 4 rings (SSSR count). The first kappa shape index (κ1) is 34.5. The van der Waals surface area contributed by atoms with Gasteiger partial charge in [-0.15, -0.1) is 0 Å². The van der Waals surface area contributed by atoms with E-state index in [4.69, 9.17) is 18.9 Å². The van der Waals surface area contributed by atoms with Crippen LogP contribution in [-0.2, 0) is 38.1 Å². The molecular formula is C35H54O9.